The van der Waals surface area contributed by atoms with E-state index in [4.69, 9.17) is 5.26 Å². The summed E-state index contributed by atoms with van der Waals surface area (Å²) < 4.78 is 27.8. The van der Waals surface area contributed by atoms with Gasteiger partial charge in [0.15, 0.2) is 0 Å². The third-order valence-corrected chi connectivity index (χ3v) is 5.25. The molecular weight excluding hydrogens is 418 g/mol. The molecule has 1 aromatic heterocycles. The van der Waals surface area contributed by atoms with E-state index in [0.717, 1.165) is 5.56 Å². The minimum Gasteiger partial charge on any atom is -0.337 e. The van der Waals surface area contributed by atoms with Crippen molar-refractivity contribution in [2.45, 2.75) is 31.7 Å². The van der Waals surface area contributed by atoms with E-state index in [-0.39, 0.29) is 17.9 Å². The molecule has 0 saturated carbocycles. The molecule has 162 valence electrons. The van der Waals surface area contributed by atoms with Gasteiger partial charge in [-0.1, -0.05) is 19.1 Å². The Morgan fingerprint density at radius 1 is 1.28 bits per heavy atom. The number of benzene rings is 2. The van der Waals surface area contributed by atoms with Crippen molar-refractivity contribution >= 4 is 17.5 Å². The van der Waals surface area contributed by atoms with E-state index in [2.05, 4.69) is 31.9 Å². The van der Waals surface area contributed by atoms with Crippen LogP contribution in [0.2, 0.25) is 0 Å². The lowest BCUT2D eigenvalue weighted by atomic mass is 9.94. The Morgan fingerprint density at radius 2 is 2.09 bits per heavy atom. The normalized spacial score (nSPS) is 17.6. The monoisotopic (exact) mass is 436 g/mol. The van der Waals surface area contributed by atoms with Crippen LogP contribution >= 0.6 is 0 Å². The molecule has 2 atom stereocenters. The summed E-state index contributed by atoms with van der Waals surface area (Å²) >= 11 is 0. The number of hydrogen-bond donors (Lipinski definition) is 3. The van der Waals surface area contributed by atoms with E-state index in [1.54, 1.807) is 25.1 Å². The summed E-state index contributed by atoms with van der Waals surface area (Å²) in [5.74, 6) is -2.93. The number of carbonyl (C=O) groups excluding carboxylic acids is 2. The number of rotatable bonds is 4. The van der Waals surface area contributed by atoms with Crippen molar-refractivity contribution in [3.05, 3.63) is 76.4 Å². The third kappa shape index (κ3) is 4.32. The van der Waals surface area contributed by atoms with Crippen molar-refractivity contribution in [3.63, 3.8) is 0 Å². The highest BCUT2D eigenvalue weighted by molar-refractivity contribution is 6.01. The maximum atomic E-state index is 14.2. The molecule has 0 radical (unpaired) electrons. The van der Waals surface area contributed by atoms with Crippen molar-refractivity contribution in [1.29, 1.82) is 5.26 Å². The fourth-order valence-electron chi connectivity index (χ4n) is 3.69. The fourth-order valence-corrected chi connectivity index (χ4v) is 3.69. The maximum absolute atomic E-state index is 14.2. The second-order valence-electron chi connectivity index (χ2n) is 7.61. The van der Waals surface area contributed by atoms with E-state index < -0.39 is 35.4 Å². The molecule has 0 spiro atoms. The van der Waals surface area contributed by atoms with Crippen molar-refractivity contribution < 1.29 is 18.4 Å². The van der Waals surface area contributed by atoms with Crippen LogP contribution in [-0.2, 0) is 11.2 Å². The highest BCUT2D eigenvalue weighted by atomic mass is 19.1. The first-order valence-corrected chi connectivity index (χ1v) is 9.85. The molecule has 2 amide bonds. The van der Waals surface area contributed by atoms with Gasteiger partial charge in [-0.3, -0.25) is 9.59 Å². The zero-order valence-electron chi connectivity index (χ0n) is 16.9. The summed E-state index contributed by atoms with van der Waals surface area (Å²) in [6.45, 7) is 1.72. The smallest absolute Gasteiger partial charge is 0.289 e. The molecule has 3 N–H and O–H groups in total. The fraction of sp³-hybridized carbons (Fsp3) is 0.227. The van der Waals surface area contributed by atoms with Crippen LogP contribution in [0.4, 0.5) is 14.5 Å². The lowest BCUT2D eigenvalue weighted by molar-refractivity contribution is -0.118. The standard InChI is InChI=1S/C22H18F2N6O2/c1-11-5-17(21(31)28-19-15(11)8-14(23)9-16(19)24)26-22(32)20-27-18(29-30-20)7-12-3-2-4-13(6-12)10-25/h2-4,6,8-9,11,17H,5,7H2,1H3,(H,26,32)(H,28,31)(H,27,29,30)/t11-,17+/m0/s1. The van der Waals surface area contributed by atoms with Crippen LogP contribution in [-0.4, -0.2) is 33.0 Å². The quantitative estimate of drug-likeness (QED) is 0.580. The Bertz CT molecular complexity index is 1250. The van der Waals surface area contributed by atoms with Crippen molar-refractivity contribution in [2.24, 2.45) is 0 Å². The molecule has 0 aliphatic carbocycles. The van der Waals surface area contributed by atoms with Crippen LogP contribution in [0.1, 0.15) is 52.4 Å². The first kappa shape index (κ1) is 21.1. The van der Waals surface area contributed by atoms with Gasteiger partial charge in [0.05, 0.1) is 17.3 Å². The number of nitrogens with zero attached hydrogens (tertiary/aromatic N) is 3. The predicted molar refractivity (Wildman–Crippen MR) is 110 cm³/mol. The summed E-state index contributed by atoms with van der Waals surface area (Å²) in [5.41, 5.74) is 1.57. The Morgan fingerprint density at radius 3 is 2.88 bits per heavy atom. The van der Waals surface area contributed by atoms with Crippen LogP contribution in [0.5, 0.6) is 0 Å². The Labute approximate surface area is 181 Å². The van der Waals surface area contributed by atoms with Crippen LogP contribution in [0.3, 0.4) is 0 Å². The van der Waals surface area contributed by atoms with Crippen LogP contribution in [0, 0.1) is 23.0 Å². The number of amides is 2. The maximum Gasteiger partial charge on any atom is 0.289 e. The molecule has 3 aromatic rings. The van der Waals surface area contributed by atoms with Gasteiger partial charge in [-0.2, -0.15) is 5.26 Å². The third-order valence-electron chi connectivity index (χ3n) is 5.25. The average Bonchev–Trinajstić information content (AvgIpc) is 3.19. The van der Waals surface area contributed by atoms with Crippen LogP contribution < -0.4 is 10.6 Å². The van der Waals surface area contributed by atoms with E-state index in [1.165, 1.54) is 6.07 Å². The van der Waals surface area contributed by atoms with Gasteiger partial charge in [0.25, 0.3) is 5.91 Å². The molecule has 4 rings (SSSR count). The molecule has 1 aliphatic heterocycles. The molecule has 10 heteroatoms. The summed E-state index contributed by atoms with van der Waals surface area (Å²) in [4.78, 5) is 28.0. The molecule has 32 heavy (non-hydrogen) atoms. The minimum atomic E-state index is -0.978. The number of hydrogen-bond acceptors (Lipinski definition) is 5. The largest absolute Gasteiger partial charge is 0.337 e. The molecular formula is C22H18F2N6O2. The first-order valence-electron chi connectivity index (χ1n) is 9.85. The minimum absolute atomic E-state index is 0.0813. The molecule has 1 aliphatic rings. The van der Waals surface area contributed by atoms with E-state index >= 15 is 0 Å². The van der Waals surface area contributed by atoms with E-state index in [1.807, 2.05) is 6.07 Å². The number of carbonyl (C=O) groups is 2. The van der Waals surface area contributed by atoms with Crippen LogP contribution in [0.15, 0.2) is 36.4 Å². The van der Waals surface area contributed by atoms with Gasteiger partial charge >= 0.3 is 0 Å². The number of H-pyrrole nitrogens is 1. The lowest BCUT2D eigenvalue weighted by Gasteiger charge is -2.16. The second kappa shape index (κ2) is 8.55. The summed E-state index contributed by atoms with van der Waals surface area (Å²) in [7, 11) is 0. The van der Waals surface area contributed by atoms with Gasteiger partial charge < -0.3 is 15.6 Å². The topological polar surface area (TPSA) is 124 Å². The Hall–Kier alpha value is -4.13. The van der Waals surface area contributed by atoms with Gasteiger partial charge in [0, 0.05) is 12.5 Å². The number of aromatic nitrogens is 3. The van der Waals surface area contributed by atoms with Crippen molar-refractivity contribution in [2.75, 3.05) is 5.32 Å². The molecule has 2 heterocycles. The van der Waals surface area contributed by atoms with Crippen molar-refractivity contribution in [1.82, 2.24) is 20.5 Å². The average molecular weight is 436 g/mol. The first-order chi connectivity index (χ1) is 15.3. The Kier molecular flexibility index (Phi) is 5.64. The SMILES string of the molecule is C[C@H]1C[C@@H](NC(=O)c2nnc(Cc3cccc(C#N)c3)[nH]2)C(=O)Nc2c(F)cc(F)cc21. The highest BCUT2D eigenvalue weighted by Gasteiger charge is 2.31. The molecule has 2 aromatic carbocycles. The molecule has 0 bridgehead atoms. The number of anilines is 1. The molecule has 0 saturated heterocycles. The zero-order chi connectivity index (χ0) is 22.8. The van der Waals surface area contributed by atoms with Gasteiger partial charge in [-0.25, -0.2) is 8.78 Å². The van der Waals surface area contributed by atoms with Crippen molar-refractivity contribution in [3.8, 4) is 6.07 Å². The summed E-state index contributed by atoms with van der Waals surface area (Å²) in [6, 6.07) is 9.91. The molecule has 8 nitrogen and oxygen atoms in total. The molecule has 0 unspecified atom stereocenters. The summed E-state index contributed by atoms with van der Waals surface area (Å²) in [6.07, 6.45) is 0.478. The predicted octanol–water partition coefficient (Wildman–Crippen LogP) is 2.79. The second-order valence-corrected chi connectivity index (χ2v) is 7.61. The van der Waals surface area contributed by atoms with Gasteiger partial charge in [0.2, 0.25) is 11.7 Å². The number of fused-ring (bicyclic) bond motifs is 1. The number of nitriles is 1. The van der Waals surface area contributed by atoms with Crippen LogP contribution in [0.25, 0.3) is 0 Å². The summed E-state index contributed by atoms with van der Waals surface area (Å²) in [5, 5.41) is 21.8. The number of nitrogens with one attached hydrogen (secondary N) is 3. The number of halogens is 2. The number of aromatic amines is 1. The van der Waals surface area contributed by atoms with Gasteiger partial charge in [0.1, 0.15) is 23.5 Å². The van der Waals surface area contributed by atoms with Gasteiger partial charge in [-0.05, 0) is 41.7 Å². The highest BCUT2D eigenvalue weighted by Crippen LogP contribution is 2.34. The zero-order valence-corrected chi connectivity index (χ0v) is 16.9. The van der Waals surface area contributed by atoms with E-state index in [0.29, 0.717) is 29.4 Å². The van der Waals surface area contributed by atoms with E-state index in [9.17, 15) is 18.4 Å². The molecule has 0 fully saturated rings. The lowest BCUT2D eigenvalue weighted by Crippen LogP contribution is -2.43. The van der Waals surface area contributed by atoms with Gasteiger partial charge in [-0.15, -0.1) is 10.2 Å². The Balaban J connectivity index is 1.47.